The van der Waals surface area contributed by atoms with Gasteiger partial charge in [-0.2, -0.15) is 0 Å². The summed E-state index contributed by atoms with van der Waals surface area (Å²) in [6.45, 7) is 0. The average Bonchev–Trinajstić information content (AvgIpc) is 2.85. The molecule has 21 heavy (non-hydrogen) atoms. The third-order valence-electron chi connectivity index (χ3n) is 3.20. The van der Waals surface area contributed by atoms with Crippen LogP contribution in [0.4, 0.5) is 5.69 Å². The predicted octanol–water partition coefficient (Wildman–Crippen LogP) is 4.94. The van der Waals surface area contributed by atoms with Crippen molar-refractivity contribution in [1.29, 1.82) is 0 Å². The average molecular weight is 340 g/mol. The maximum absolute atomic E-state index is 12.6. The second kappa shape index (κ2) is 5.26. The van der Waals surface area contributed by atoms with Gasteiger partial charge >= 0.3 is 0 Å². The van der Waals surface area contributed by atoms with Crippen LogP contribution < -0.4 is 5.73 Å². The van der Waals surface area contributed by atoms with E-state index in [2.05, 4.69) is 4.98 Å². The van der Waals surface area contributed by atoms with Crippen LogP contribution in [0, 0.1) is 0 Å². The number of halogens is 3. The second-order valence-electron chi connectivity index (χ2n) is 4.58. The van der Waals surface area contributed by atoms with E-state index in [-0.39, 0.29) is 5.78 Å². The molecule has 3 aromatic rings. The molecular formula is C15H9Cl3N2O. The van der Waals surface area contributed by atoms with Gasteiger partial charge in [0, 0.05) is 33.2 Å². The normalized spacial score (nSPS) is 11.0. The van der Waals surface area contributed by atoms with Crippen molar-refractivity contribution in [3.63, 3.8) is 0 Å². The van der Waals surface area contributed by atoms with Crippen molar-refractivity contribution < 1.29 is 4.79 Å². The van der Waals surface area contributed by atoms with Crippen LogP contribution >= 0.6 is 34.8 Å². The van der Waals surface area contributed by atoms with Crippen LogP contribution in [0.3, 0.4) is 0 Å². The summed E-state index contributed by atoms with van der Waals surface area (Å²) in [6, 6.07) is 8.09. The van der Waals surface area contributed by atoms with Gasteiger partial charge in [0.25, 0.3) is 0 Å². The number of carbonyl (C=O) groups excluding carboxylic acids is 1. The van der Waals surface area contributed by atoms with Crippen molar-refractivity contribution >= 4 is 57.2 Å². The molecule has 0 unspecified atom stereocenters. The van der Waals surface area contributed by atoms with Crippen LogP contribution in [0.5, 0.6) is 0 Å². The summed E-state index contributed by atoms with van der Waals surface area (Å²) in [5.41, 5.74) is 7.72. The highest BCUT2D eigenvalue weighted by molar-refractivity contribution is 6.40. The minimum Gasteiger partial charge on any atom is -0.398 e. The number of H-pyrrole nitrogens is 1. The quantitative estimate of drug-likeness (QED) is 0.513. The Labute approximate surface area is 135 Å². The molecule has 0 radical (unpaired) electrons. The molecule has 106 valence electrons. The molecule has 0 spiro atoms. The largest absolute Gasteiger partial charge is 0.398 e. The van der Waals surface area contributed by atoms with E-state index >= 15 is 0 Å². The van der Waals surface area contributed by atoms with Gasteiger partial charge in [-0.05, 0) is 30.3 Å². The van der Waals surface area contributed by atoms with Gasteiger partial charge < -0.3 is 10.7 Å². The zero-order valence-corrected chi connectivity index (χ0v) is 12.9. The molecular weight excluding hydrogens is 331 g/mol. The molecule has 0 saturated heterocycles. The topological polar surface area (TPSA) is 58.9 Å². The Balaban J connectivity index is 2.16. The zero-order chi connectivity index (χ0) is 15.1. The van der Waals surface area contributed by atoms with E-state index in [1.54, 1.807) is 36.5 Å². The smallest absolute Gasteiger partial charge is 0.195 e. The lowest BCUT2D eigenvalue weighted by molar-refractivity contribution is 0.104. The number of rotatable bonds is 2. The minimum atomic E-state index is -0.186. The Morgan fingerprint density at radius 1 is 1.05 bits per heavy atom. The third-order valence-corrected chi connectivity index (χ3v) is 4.06. The molecule has 0 fully saturated rings. The van der Waals surface area contributed by atoms with Crippen molar-refractivity contribution in [2.45, 2.75) is 0 Å². The summed E-state index contributed by atoms with van der Waals surface area (Å²) < 4.78 is 0. The molecule has 3 nitrogen and oxygen atoms in total. The Hall–Kier alpha value is -1.68. The van der Waals surface area contributed by atoms with E-state index in [0.29, 0.717) is 42.8 Å². The Kier molecular flexibility index (Phi) is 3.57. The number of nitrogen functional groups attached to an aromatic ring is 1. The number of hydrogen-bond acceptors (Lipinski definition) is 2. The first kappa shape index (κ1) is 14.3. The van der Waals surface area contributed by atoms with E-state index in [0.717, 1.165) is 0 Å². The second-order valence-corrected chi connectivity index (χ2v) is 5.83. The molecule has 0 aliphatic carbocycles. The van der Waals surface area contributed by atoms with Gasteiger partial charge in [-0.1, -0.05) is 34.8 Å². The lowest BCUT2D eigenvalue weighted by atomic mass is 10.0. The van der Waals surface area contributed by atoms with Gasteiger partial charge in [0.2, 0.25) is 0 Å². The van der Waals surface area contributed by atoms with Crippen molar-refractivity contribution in [3.8, 4) is 0 Å². The van der Waals surface area contributed by atoms with Crippen LogP contribution in [0.1, 0.15) is 15.9 Å². The molecule has 0 atom stereocenters. The van der Waals surface area contributed by atoms with Crippen LogP contribution in [0.2, 0.25) is 15.1 Å². The maximum Gasteiger partial charge on any atom is 0.195 e. The van der Waals surface area contributed by atoms with Gasteiger partial charge in [-0.15, -0.1) is 0 Å². The Bertz CT molecular complexity index is 871. The molecule has 2 aromatic carbocycles. The van der Waals surface area contributed by atoms with Crippen LogP contribution in [-0.2, 0) is 0 Å². The summed E-state index contributed by atoms with van der Waals surface area (Å²) in [4.78, 5) is 15.6. The molecule has 0 bridgehead atoms. The van der Waals surface area contributed by atoms with Gasteiger partial charge in [0.1, 0.15) is 0 Å². The van der Waals surface area contributed by atoms with Crippen LogP contribution in [0.25, 0.3) is 10.9 Å². The number of benzene rings is 2. The third kappa shape index (κ3) is 2.48. The van der Waals surface area contributed by atoms with Crippen molar-refractivity contribution in [3.05, 3.63) is 62.7 Å². The van der Waals surface area contributed by atoms with Gasteiger partial charge in [0.05, 0.1) is 15.7 Å². The number of aromatic amines is 1. The fourth-order valence-electron chi connectivity index (χ4n) is 2.20. The minimum absolute atomic E-state index is 0.186. The number of fused-ring (bicyclic) bond motifs is 1. The van der Waals surface area contributed by atoms with E-state index in [9.17, 15) is 4.79 Å². The number of nitrogens with one attached hydrogen (secondary N) is 1. The first-order valence-electron chi connectivity index (χ1n) is 6.03. The monoisotopic (exact) mass is 338 g/mol. The van der Waals surface area contributed by atoms with Gasteiger partial charge in [-0.3, -0.25) is 4.79 Å². The lowest BCUT2D eigenvalue weighted by Gasteiger charge is -2.04. The molecule has 0 saturated carbocycles. The molecule has 0 aliphatic heterocycles. The van der Waals surface area contributed by atoms with Gasteiger partial charge in [0.15, 0.2) is 5.78 Å². The summed E-state index contributed by atoms with van der Waals surface area (Å²) in [5, 5.41) is 1.98. The van der Waals surface area contributed by atoms with Crippen molar-refractivity contribution in [1.82, 2.24) is 4.98 Å². The summed E-state index contributed by atoms with van der Waals surface area (Å²) >= 11 is 18.0. The number of nitrogens with two attached hydrogens (primary N) is 1. The van der Waals surface area contributed by atoms with Gasteiger partial charge in [-0.25, -0.2) is 0 Å². The number of carbonyl (C=O) groups is 1. The SMILES string of the molecule is Nc1cc(C(=O)c2c[nH]c3cc(Cl)cc(Cl)c23)ccc1Cl. The first-order chi connectivity index (χ1) is 9.97. The standard InChI is InChI=1S/C15H9Cl3N2O/c16-8-4-11(18)14-9(6-20-13(14)5-8)15(21)7-1-2-10(17)12(19)3-7/h1-6,20H,19H2. The fraction of sp³-hybridized carbons (Fsp3) is 0. The van der Waals surface area contributed by atoms with Crippen molar-refractivity contribution in [2.75, 3.05) is 5.73 Å². The number of hydrogen-bond donors (Lipinski definition) is 2. The van der Waals surface area contributed by atoms with Crippen LogP contribution in [0.15, 0.2) is 36.5 Å². The molecule has 1 aromatic heterocycles. The Morgan fingerprint density at radius 2 is 1.81 bits per heavy atom. The molecule has 0 aliphatic rings. The fourth-order valence-corrected chi connectivity index (χ4v) is 2.92. The highest BCUT2D eigenvalue weighted by Gasteiger charge is 2.17. The molecule has 0 amide bonds. The number of aromatic nitrogens is 1. The van der Waals surface area contributed by atoms with E-state index < -0.39 is 0 Å². The molecule has 6 heteroatoms. The van der Waals surface area contributed by atoms with Crippen molar-refractivity contribution in [2.24, 2.45) is 0 Å². The number of ketones is 1. The summed E-state index contributed by atoms with van der Waals surface area (Å²) in [5.74, 6) is -0.186. The zero-order valence-electron chi connectivity index (χ0n) is 10.6. The maximum atomic E-state index is 12.6. The van der Waals surface area contributed by atoms with Crippen LogP contribution in [-0.4, -0.2) is 10.8 Å². The summed E-state index contributed by atoms with van der Waals surface area (Å²) in [7, 11) is 0. The highest BCUT2D eigenvalue weighted by Crippen LogP contribution is 2.32. The summed E-state index contributed by atoms with van der Waals surface area (Å²) in [6.07, 6.45) is 1.61. The highest BCUT2D eigenvalue weighted by atomic mass is 35.5. The molecule has 3 N–H and O–H groups in total. The number of anilines is 1. The van der Waals surface area contributed by atoms with E-state index in [1.807, 2.05) is 0 Å². The molecule has 1 heterocycles. The predicted molar refractivity (Wildman–Crippen MR) is 87.6 cm³/mol. The Morgan fingerprint density at radius 3 is 2.52 bits per heavy atom. The first-order valence-corrected chi connectivity index (χ1v) is 7.16. The van der Waals surface area contributed by atoms with E-state index in [4.69, 9.17) is 40.5 Å². The lowest BCUT2D eigenvalue weighted by Crippen LogP contribution is -2.01. The molecule has 3 rings (SSSR count). The van der Waals surface area contributed by atoms with E-state index in [1.165, 1.54) is 0 Å².